The summed E-state index contributed by atoms with van der Waals surface area (Å²) in [6, 6.07) is 9.48. The third kappa shape index (κ3) is 2.80. The fraction of sp³-hybridized carbons (Fsp3) is 0.579. The Morgan fingerprint density at radius 2 is 1.83 bits per heavy atom. The van der Waals surface area contributed by atoms with Crippen molar-refractivity contribution in [2.75, 3.05) is 0 Å². The average molecular weight is 316 g/mol. The standard InChI is InChI=1S/C19H24O4/c1-18(2,3)17-22-16(21)19(23-17,13-8-5-4-6-9-13)14-10-7-11-15(20)12-14/h4-6,8-9,14,17H,7,10-12H2,1-3H3/t14-,17?,19-/m0/s1. The number of esters is 1. The molecule has 3 atom stereocenters. The van der Waals surface area contributed by atoms with Crippen LogP contribution < -0.4 is 0 Å². The van der Waals surface area contributed by atoms with Gasteiger partial charge in [0, 0.05) is 24.2 Å². The molecule has 0 amide bonds. The second-order valence-corrected chi connectivity index (χ2v) is 7.65. The minimum Gasteiger partial charge on any atom is -0.433 e. The van der Waals surface area contributed by atoms with Gasteiger partial charge in [-0.2, -0.15) is 0 Å². The summed E-state index contributed by atoms with van der Waals surface area (Å²) < 4.78 is 11.9. The zero-order valence-electron chi connectivity index (χ0n) is 14.0. The van der Waals surface area contributed by atoms with Gasteiger partial charge >= 0.3 is 5.97 Å². The van der Waals surface area contributed by atoms with Gasteiger partial charge in [-0.05, 0) is 18.4 Å². The molecule has 1 unspecified atom stereocenters. The van der Waals surface area contributed by atoms with Gasteiger partial charge in [0.2, 0.25) is 6.29 Å². The highest BCUT2D eigenvalue weighted by Crippen LogP contribution is 2.49. The summed E-state index contributed by atoms with van der Waals surface area (Å²) in [6.45, 7) is 5.95. The number of cyclic esters (lactones) is 1. The summed E-state index contributed by atoms with van der Waals surface area (Å²) >= 11 is 0. The van der Waals surface area contributed by atoms with E-state index in [1.807, 2.05) is 51.1 Å². The van der Waals surface area contributed by atoms with Gasteiger partial charge in [0.1, 0.15) is 5.78 Å². The third-order valence-corrected chi connectivity index (χ3v) is 4.78. The minimum atomic E-state index is -1.16. The van der Waals surface area contributed by atoms with Gasteiger partial charge < -0.3 is 9.47 Å². The van der Waals surface area contributed by atoms with Crippen LogP contribution in [-0.2, 0) is 24.7 Å². The van der Waals surface area contributed by atoms with E-state index in [0.29, 0.717) is 12.8 Å². The van der Waals surface area contributed by atoms with E-state index in [-0.39, 0.29) is 23.1 Å². The van der Waals surface area contributed by atoms with Crippen molar-refractivity contribution in [2.45, 2.75) is 58.3 Å². The van der Waals surface area contributed by atoms with Gasteiger partial charge in [-0.3, -0.25) is 4.79 Å². The molecule has 0 bridgehead atoms. The fourth-order valence-corrected chi connectivity index (χ4v) is 3.52. The van der Waals surface area contributed by atoms with Crippen LogP contribution >= 0.6 is 0 Å². The van der Waals surface area contributed by atoms with Crippen molar-refractivity contribution < 1.29 is 19.1 Å². The number of Topliss-reactive ketones (excluding diaryl/α,β-unsaturated/α-hetero) is 1. The average Bonchev–Trinajstić information content (AvgIpc) is 2.87. The Bertz CT molecular complexity index is 602. The number of hydrogen-bond acceptors (Lipinski definition) is 4. The predicted molar refractivity (Wildman–Crippen MR) is 85.5 cm³/mol. The van der Waals surface area contributed by atoms with Crippen LogP contribution in [0.4, 0.5) is 0 Å². The molecule has 23 heavy (non-hydrogen) atoms. The van der Waals surface area contributed by atoms with Crippen LogP contribution in [0.2, 0.25) is 0 Å². The molecule has 1 heterocycles. The number of carbonyl (C=O) groups is 2. The van der Waals surface area contributed by atoms with E-state index in [1.54, 1.807) is 0 Å². The molecule has 2 aliphatic rings. The molecule has 4 nitrogen and oxygen atoms in total. The van der Waals surface area contributed by atoms with Crippen LogP contribution in [0.3, 0.4) is 0 Å². The highest BCUT2D eigenvalue weighted by molar-refractivity contribution is 5.86. The Morgan fingerprint density at radius 3 is 2.39 bits per heavy atom. The van der Waals surface area contributed by atoms with Crippen LogP contribution in [0, 0.1) is 11.3 Å². The lowest BCUT2D eigenvalue weighted by Crippen LogP contribution is -2.44. The summed E-state index contributed by atoms with van der Waals surface area (Å²) in [5.41, 5.74) is -0.684. The molecule has 1 aromatic carbocycles. The molecule has 1 saturated heterocycles. The lowest BCUT2D eigenvalue weighted by molar-refractivity contribution is -0.166. The van der Waals surface area contributed by atoms with Gasteiger partial charge in [0.05, 0.1) is 0 Å². The Kier molecular flexibility index (Phi) is 4.05. The highest BCUT2D eigenvalue weighted by Gasteiger charge is 2.59. The first-order valence-corrected chi connectivity index (χ1v) is 8.30. The van der Waals surface area contributed by atoms with Crippen molar-refractivity contribution in [3.8, 4) is 0 Å². The number of carbonyl (C=O) groups excluding carboxylic acids is 2. The summed E-state index contributed by atoms with van der Waals surface area (Å²) in [5.74, 6) is -0.318. The van der Waals surface area contributed by atoms with Crippen molar-refractivity contribution in [3.63, 3.8) is 0 Å². The number of ketones is 1. The summed E-state index contributed by atoms with van der Waals surface area (Å²) in [6.07, 6.45) is 1.97. The minimum absolute atomic E-state index is 0.161. The highest BCUT2D eigenvalue weighted by atomic mass is 16.8. The lowest BCUT2D eigenvalue weighted by Gasteiger charge is -2.36. The van der Waals surface area contributed by atoms with Crippen molar-refractivity contribution in [1.82, 2.24) is 0 Å². The molecule has 1 aliphatic carbocycles. The van der Waals surface area contributed by atoms with Crippen LogP contribution in [0.15, 0.2) is 30.3 Å². The number of hydrogen-bond donors (Lipinski definition) is 0. The van der Waals surface area contributed by atoms with E-state index in [1.165, 1.54) is 0 Å². The first kappa shape index (κ1) is 16.2. The zero-order valence-corrected chi connectivity index (χ0v) is 14.0. The second-order valence-electron chi connectivity index (χ2n) is 7.65. The predicted octanol–water partition coefficient (Wildman–Crippen LogP) is 3.59. The SMILES string of the molecule is CC(C)(C)C1OC(=O)[C@](c2ccccc2)([C@H]2CCCC(=O)C2)O1. The van der Waals surface area contributed by atoms with Gasteiger partial charge in [0.25, 0.3) is 0 Å². The molecule has 1 saturated carbocycles. The van der Waals surface area contributed by atoms with Gasteiger partial charge in [-0.1, -0.05) is 51.1 Å². The Hall–Kier alpha value is -1.68. The van der Waals surface area contributed by atoms with E-state index in [9.17, 15) is 9.59 Å². The smallest absolute Gasteiger partial charge is 0.345 e. The fourth-order valence-electron chi connectivity index (χ4n) is 3.52. The molecule has 3 rings (SSSR count). The zero-order chi connectivity index (χ0) is 16.7. The maximum absolute atomic E-state index is 12.9. The van der Waals surface area contributed by atoms with Crippen molar-refractivity contribution in [1.29, 1.82) is 0 Å². The van der Waals surface area contributed by atoms with Crippen LogP contribution in [0.25, 0.3) is 0 Å². The van der Waals surface area contributed by atoms with Crippen LogP contribution in [-0.4, -0.2) is 18.0 Å². The Morgan fingerprint density at radius 1 is 1.13 bits per heavy atom. The second kappa shape index (κ2) is 5.75. The molecule has 0 aromatic heterocycles. The Balaban J connectivity index is 2.05. The van der Waals surface area contributed by atoms with E-state index in [0.717, 1.165) is 18.4 Å². The first-order valence-electron chi connectivity index (χ1n) is 8.30. The molecule has 124 valence electrons. The van der Waals surface area contributed by atoms with E-state index < -0.39 is 11.9 Å². The van der Waals surface area contributed by atoms with Crippen LogP contribution in [0.1, 0.15) is 52.0 Å². The van der Waals surface area contributed by atoms with Gasteiger partial charge in [-0.25, -0.2) is 4.79 Å². The molecule has 4 heteroatoms. The van der Waals surface area contributed by atoms with Gasteiger partial charge in [0.15, 0.2) is 5.60 Å². The summed E-state index contributed by atoms with van der Waals surface area (Å²) in [7, 11) is 0. The summed E-state index contributed by atoms with van der Waals surface area (Å²) in [4.78, 5) is 24.9. The maximum atomic E-state index is 12.9. The maximum Gasteiger partial charge on any atom is 0.345 e. The molecule has 0 radical (unpaired) electrons. The van der Waals surface area contributed by atoms with Crippen LogP contribution in [0.5, 0.6) is 0 Å². The van der Waals surface area contributed by atoms with E-state index in [2.05, 4.69) is 0 Å². The molecule has 0 spiro atoms. The molecule has 2 fully saturated rings. The topological polar surface area (TPSA) is 52.6 Å². The van der Waals surface area contributed by atoms with E-state index >= 15 is 0 Å². The Labute approximate surface area is 137 Å². The normalized spacial score (nSPS) is 32.0. The molecular weight excluding hydrogens is 292 g/mol. The molecule has 1 aromatic rings. The monoisotopic (exact) mass is 316 g/mol. The van der Waals surface area contributed by atoms with Crippen molar-refractivity contribution >= 4 is 11.8 Å². The number of rotatable bonds is 2. The first-order chi connectivity index (χ1) is 10.8. The van der Waals surface area contributed by atoms with Gasteiger partial charge in [-0.15, -0.1) is 0 Å². The quantitative estimate of drug-likeness (QED) is 0.783. The number of ether oxygens (including phenoxy) is 2. The lowest BCUT2D eigenvalue weighted by atomic mass is 9.73. The molecule has 0 N–H and O–H groups in total. The molecule has 1 aliphatic heterocycles. The molecular formula is C19H24O4. The third-order valence-electron chi connectivity index (χ3n) is 4.78. The van der Waals surface area contributed by atoms with Crippen molar-refractivity contribution in [3.05, 3.63) is 35.9 Å². The number of benzene rings is 1. The summed E-state index contributed by atoms with van der Waals surface area (Å²) in [5, 5.41) is 0. The largest absolute Gasteiger partial charge is 0.433 e. The van der Waals surface area contributed by atoms with Crippen molar-refractivity contribution in [2.24, 2.45) is 11.3 Å². The van der Waals surface area contributed by atoms with E-state index in [4.69, 9.17) is 9.47 Å².